The second kappa shape index (κ2) is 6.84. The standard InChI is InChI=1S/C8H15N5O.C2H6/c1-5-7(14)13(6(2)3)8-9-11-12(4)10-8;1-2/h11H,2,5H2,1,3-4H3,(H,9,10);1-2H3. The molecule has 0 spiro atoms. The predicted octanol–water partition coefficient (Wildman–Crippen LogP) is 1.01. The van der Waals surface area contributed by atoms with Crippen molar-refractivity contribution in [3.8, 4) is 0 Å². The molecule has 1 rings (SSSR count). The van der Waals surface area contributed by atoms with Gasteiger partial charge in [-0.2, -0.15) is 0 Å². The van der Waals surface area contributed by atoms with E-state index in [1.54, 1.807) is 26.0 Å². The Labute approximate surface area is 96.9 Å². The van der Waals surface area contributed by atoms with Crippen LogP contribution >= 0.6 is 0 Å². The molecule has 0 bridgehead atoms. The van der Waals surface area contributed by atoms with E-state index in [-0.39, 0.29) is 5.91 Å². The van der Waals surface area contributed by atoms with Crippen molar-refractivity contribution in [1.82, 2.24) is 21.0 Å². The Bertz CT molecular complexity index is 287. The SMILES string of the molecule is C=C(C)N(C(=O)CC)C1=NNN(C)N1.CC. The van der Waals surface area contributed by atoms with Gasteiger partial charge in [-0.15, -0.1) is 10.2 Å². The summed E-state index contributed by atoms with van der Waals surface area (Å²) >= 11 is 0. The van der Waals surface area contributed by atoms with Crippen LogP contribution in [0, 0.1) is 0 Å². The summed E-state index contributed by atoms with van der Waals surface area (Å²) in [4.78, 5) is 13.0. The van der Waals surface area contributed by atoms with E-state index in [1.165, 1.54) is 4.90 Å². The lowest BCUT2D eigenvalue weighted by Gasteiger charge is -2.21. The lowest BCUT2D eigenvalue weighted by molar-refractivity contribution is -0.125. The number of carbonyl (C=O) groups is 1. The summed E-state index contributed by atoms with van der Waals surface area (Å²) in [5, 5.41) is 5.48. The van der Waals surface area contributed by atoms with E-state index in [0.717, 1.165) is 0 Å². The topological polar surface area (TPSA) is 60.0 Å². The van der Waals surface area contributed by atoms with Gasteiger partial charge < -0.3 is 0 Å². The molecule has 0 saturated heterocycles. The number of hydrogen-bond acceptors (Lipinski definition) is 5. The van der Waals surface area contributed by atoms with E-state index in [2.05, 4.69) is 22.6 Å². The Kier molecular flexibility index (Phi) is 6.17. The van der Waals surface area contributed by atoms with Crippen LogP contribution in [0.2, 0.25) is 0 Å². The average Bonchev–Trinajstić information content (AvgIpc) is 2.67. The monoisotopic (exact) mass is 227 g/mol. The number of allylic oxidation sites excluding steroid dienone is 1. The molecule has 6 nitrogen and oxygen atoms in total. The van der Waals surface area contributed by atoms with Crippen molar-refractivity contribution in [2.75, 3.05) is 7.05 Å². The fraction of sp³-hybridized carbons (Fsp3) is 0.600. The highest BCUT2D eigenvalue weighted by Gasteiger charge is 2.23. The number of hydrogen-bond donors (Lipinski definition) is 2. The van der Waals surface area contributed by atoms with Crippen LogP contribution in [-0.2, 0) is 4.79 Å². The summed E-state index contributed by atoms with van der Waals surface area (Å²) in [5.74, 6) is 0.410. The minimum atomic E-state index is -0.0409. The summed E-state index contributed by atoms with van der Waals surface area (Å²) in [6, 6.07) is 0. The van der Waals surface area contributed by atoms with Gasteiger partial charge in [-0.25, -0.2) is 5.53 Å². The fourth-order valence-corrected chi connectivity index (χ4v) is 1.09. The number of nitrogens with one attached hydrogen (secondary N) is 2. The van der Waals surface area contributed by atoms with E-state index >= 15 is 0 Å². The van der Waals surface area contributed by atoms with Crippen molar-refractivity contribution in [3.05, 3.63) is 12.3 Å². The van der Waals surface area contributed by atoms with Crippen LogP contribution in [0.25, 0.3) is 0 Å². The maximum Gasteiger partial charge on any atom is 0.245 e. The fourth-order valence-electron chi connectivity index (χ4n) is 1.09. The highest BCUT2D eigenvalue weighted by Crippen LogP contribution is 2.05. The molecular weight excluding hydrogens is 206 g/mol. The lowest BCUT2D eigenvalue weighted by Crippen LogP contribution is -2.46. The van der Waals surface area contributed by atoms with Crippen molar-refractivity contribution in [3.63, 3.8) is 0 Å². The van der Waals surface area contributed by atoms with Gasteiger partial charge in [0.2, 0.25) is 11.9 Å². The van der Waals surface area contributed by atoms with Gasteiger partial charge in [0.15, 0.2) is 0 Å². The molecular formula is C10H21N5O. The largest absolute Gasteiger partial charge is 0.274 e. The molecule has 0 atom stereocenters. The molecule has 1 aliphatic rings. The second-order valence-electron chi connectivity index (χ2n) is 3.02. The molecule has 1 heterocycles. The zero-order chi connectivity index (χ0) is 12.7. The van der Waals surface area contributed by atoms with Gasteiger partial charge in [-0.1, -0.05) is 27.4 Å². The third kappa shape index (κ3) is 3.54. The van der Waals surface area contributed by atoms with Crippen LogP contribution in [-0.4, -0.2) is 28.9 Å². The average molecular weight is 227 g/mol. The van der Waals surface area contributed by atoms with Gasteiger partial charge in [-0.05, 0) is 6.92 Å². The zero-order valence-corrected chi connectivity index (χ0v) is 10.7. The number of hydrazone groups is 1. The smallest absolute Gasteiger partial charge is 0.245 e. The predicted molar refractivity (Wildman–Crippen MR) is 64.8 cm³/mol. The van der Waals surface area contributed by atoms with Crippen LogP contribution in [0.1, 0.15) is 34.1 Å². The Morgan fingerprint density at radius 2 is 2.12 bits per heavy atom. The van der Waals surface area contributed by atoms with Gasteiger partial charge in [0.25, 0.3) is 0 Å². The van der Waals surface area contributed by atoms with E-state index in [0.29, 0.717) is 18.1 Å². The van der Waals surface area contributed by atoms with Gasteiger partial charge in [0.05, 0.1) is 0 Å². The number of rotatable bonds is 2. The molecule has 0 unspecified atom stereocenters. The number of guanidine groups is 1. The van der Waals surface area contributed by atoms with Crippen LogP contribution in [0.4, 0.5) is 0 Å². The molecule has 16 heavy (non-hydrogen) atoms. The Morgan fingerprint density at radius 3 is 2.44 bits per heavy atom. The first-order valence-corrected chi connectivity index (χ1v) is 5.38. The van der Waals surface area contributed by atoms with E-state index in [9.17, 15) is 4.79 Å². The quantitative estimate of drug-likeness (QED) is 0.739. The minimum absolute atomic E-state index is 0.0409. The molecule has 1 amide bonds. The molecule has 0 aromatic rings. The summed E-state index contributed by atoms with van der Waals surface area (Å²) in [7, 11) is 1.75. The molecule has 6 heteroatoms. The molecule has 2 N–H and O–H groups in total. The van der Waals surface area contributed by atoms with E-state index in [1.807, 2.05) is 13.8 Å². The third-order valence-corrected chi connectivity index (χ3v) is 1.72. The van der Waals surface area contributed by atoms with E-state index in [4.69, 9.17) is 0 Å². The molecule has 92 valence electrons. The Balaban J connectivity index is 0.00000106. The first-order chi connectivity index (χ1) is 7.56. The van der Waals surface area contributed by atoms with Gasteiger partial charge in [-0.3, -0.25) is 15.1 Å². The number of amides is 1. The van der Waals surface area contributed by atoms with Crippen molar-refractivity contribution >= 4 is 11.9 Å². The zero-order valence-electron chi connectivity index (χ0n) is 10.7. The first-order valence-electron chi connectivity index (χ1n) is 5.38. The first kappa shape index (κ1) is 14.4. The lowest BCUT2D eigenvalue weighted by atomic mass is 10.3. The molecule has 0 aliphatic carbocycles. The highest BCUT2D eigenvalue weighted by atomic mass is 16.2. The van der Waals surface area contributed by atoms with Crippen molar-refractivity contribution in [1.29, 1.82) is 0 Å². The minimum Gasteiger partial charge on any atom is -0.274 e. The maximum absolute atomic E-state index is 11.5. The van der Waals surface area contributed by atoms with Crippen molar-refractivity contribution in [2.45, 2.75) is 34.1 Å². The van der Waals surface area contributed by atoms with Crippen LogP contribution in [0.5, 0.6) is 0 Å². The molecule has 1 aliphatic heterocycles. The van der Waals surface area contributed by atoms with Crippen LogP contribution in [0.3, 0.4) is 0 Å². The van der Waals surface area contributed by atoms with Gasteiger partial charge in [0.1, 0.15) is 0 Å². The summed E-state index contributed by atoms with van der Waals surface area (Å²) < 4.78 is 0. The highest BCUT2D eigenvalue weighted by molar-refractivity contribution is 5.98. The number of carbonyl (C=O) groups excluding carboxylic acids is 1. The molecule has 0 radical (unpaired) electrons. The summed E-state index contributed by atoms with van der Waals surface area (Å²) in [6.45, 7) is 11.3. The van der Waals surface area contributed by atoms with Crippen LogP contribution < -0.4 is 11.0 Å². The molecule has 0 saturated carbocycles. The molecule has 0 aromatic heterocycles. The summed E-state index contributed by atoms with van der Waals surface area (Å²) in [5.41, 5.74) is 6.17. The van der Waals surface area contributed by atoms with Crippen molar-refractivity contribution < 1.29 is 4.79 Å². The number of hydrazine groups is 2. The van der Waals surface area contributed by atoms with Crippen LogP contribution in [0.15, 0.2) is 17.4 Å². The number of nitrogens with zero attached hydrogens (tertiary/aromatic N) is 3. The molecule has 0 aromatic carbocycles. The Hall–Kier alpha value is -1.56. The van der Waals surface area contributed by atoms with Crippen molar-refractivity contribution in [2.24, 2.45) is 5.10 Å². The second-order valence-corrected chi connectivity index (χ2v) is 3.02. The summed E-state index contributed by atoms with van der Waals surface area (Å²) in [6.07, 6.45) is 0.414. The maximum atomic E-state index is 11.5. The molecule has 0 fully saturated rings. The van der Waals surface area contributed by atoms with Gasteiger partial charge >= 0.3 is 0 Å². The normalized spacial score (nSPS) is 13.9. The van der Waals surface area contributed by atoms with Gasteiger partial charge in [0, 0.05) is 19.2 Å². The third-order valence-electron chi connectivity index (χ3n) is 1.72. The van der Waals surface area contributed by atoms with E-state index < -0.39 is 0 Å². The Morgan fingerprint density at radius 1 is 1.56 bits per heavy atom.